The number of halogens is 1. The van der Waals surface area contributed by atoms with Gasteiger partial charge in [0.05, 0.1) is 4.92 Å². The van der Waals surface area contributed by atoms with Gasteiger partial charge >= 0.3 is 0 Å². The third-order valence-corrected chi connectivity index (χ3v) is 8.42. The number of hydrogen-bond donors (Lipinski definition) is 1. The predicted octanol–water partition coefficient (Wildman–Crippen LogP) is 7.19. The number of nitro groups is 1. The highest BCUT2D eigenvalue weighted by atomic mass is 35.5. The van der Waals surface area contributed by atoms with Crippen LogP contribution in [0.1, 0.15) is 45.5 Å². The molecule has 0 spiro atoms. The number of carbonyl (C=O) groups excluding carboxylic acids is 1. The number of hydrogen-bond acceptors (Lipinski definition) is 4. The van der Waals surface area contributed by atoms with Gasteiger partial charge in [-0.05, 0) is 100 Å². The number of non-ortho nitro benzene ring substituents is 1. The lowest BCUT2D eigenvalue weighted by atomic mass is 9.83. The molecule has 0 bridgehead atoms. The standard InChI is InChI=1S/C26H20ClNO3.C10H9N/c1-15-14-16(28(30)31)8-9-17(15)26(29)24-6-2-4-18-20-12-13-23-19(5-3-7-25(23)27)21(20)10-11-22(18)24;1-2-7-10-9(5-1)6-3-4-8-11-10/h3,5,7-11,13-14H,2,4,6,12H2,1H3;1-8,11H. The molecule has 0 saturated carbocycles. The van der Waals surface area contributed by atoms with Crippen molar-refractivity contribution in [2.45, 2.75) is 32.6 Å². The highest BCUT2D eigenvalue weighted by Gasteiger charge is 2.23. The summed E-state index contributed by atoms with van der Waals surface area (Å²) in [5.74, 6) is -0.0310. The van der Waals surface area contributed by atoms with Crippen LogP contribution in [0.4, 0.5) is 11.4 Å². The first-order valence-electron chi connectivity index (χ1n) is 14.0. The topological polar surface area (TPSA) is 72.2 Å². The van der Waals surface area contributed by atoms with E-state index in [1.165, 1.54) is 34.0 Å². The van der Waals surface area contributed by atoms with Gasteiger partial charge in [-0.25, -0.2) is 0 Å². The number of fused-ring (bicyclic) bond motifs is 5. The van der Waals surface area contributed by atoms with E-state index < -0.39 is 4.92 Å². The van der Waals surface area contributed by atoms with Gasteiger partial charge in [-0.2, -0.15) is 0 Å². The van der Waals surface area contributed by atoms with Gasteiger partial charge in [0.25, 0.3) is 5.69 Å². The summed E-state index contributed by atoms with van der Waals surface area (Å²) in [5, 5.41) is 19.4. The fourth-order valence-electron chi connectivity index (χ4n) is 6.05. The van der Waals surface area contributed by atoms with Gasteiger partial charge in [-0.1, -0.05) is 72.3 Å². The molecule has 1 N–H and O–H groups in total. The number of nitrogens with one attached hydrogen (secondary N) is 1. The summed E-state index contributed by atoms with van der Waals surface area (Å²) in [5.41, 5.74) is 6.90. The second-order valence-corrected chi connectivity index (χ2v) is 11.0. The number of allylic oxidation sites excluding steroid dienone is 2. The molecule has 5 nitrogen and oxygen atoms in total. The molecule has 0 radical (unpaired) electrons. The number of benzene rings is 4. The van der Waals surface area contributed by atoms with Crippen molar-refractivity contribution in [2.24, 2.45) is 0 Å². The van der Waals surface area contributed by atoms with Gasteiger partial charge in [-0.15, -0.1) is 0 Å². The van der Waals surface area contributed by atoms with E-state index in [1.54, 1.807) is 13.0 Å². The molecule has 0 amide bonds. The molecule has 3 aliphatic rings. The van der Waals surface area contributed by atoms with Crippen molar-refractivity contribution in [1.82, 2.24) is 0 Å². The van der Waals surface area contributed by atoms with E-state index in [9.17, 15) is 14.9 Å². The highest BCUT2D eigenvalue weighted by Crippen LogP contribution is 2.26. The summed E-state index contributed by atoms with van der Waals surface area (Å²) in [7, 11) is 0. The molecular weight excluding hydrogens is 544 g/mol. The van der Waals surface area contributed by atoms with E-state index in [0.717, 1.165) is 51.2 Å². The van der Waals surface area contributed by atoms with Crippen LogP contribution in [-0.4, -0.2) is 10.7 Å². The fourth-order valence-corrected chi connectivity index (χ4v) is 6.30. The van der Waals surface area contributed by atoms with Crippen molar-refractivity contribution in [2.75, 3.05) is 5.32 Å². The Bertz CT molecular complexity index is 2040. The third kappa shape index (κ3) is 5.19. The smallest absolute Gasteiger partial charge is 0.269 e. The second kappa shape index (κ2) is 11.6. The van der Waals surface area contributed by atoms with E-state index in [-0.39, 0.29) is 11.5 Å². The molecular formula is C36H29ClN2O3. The molecule has 6 heteroatoms. The van der Waals surface area contributed by atoms with E-state index in [2.05, 4.69) is 47.8 Å². The molecule has 2 aliphatic carbocycles. The third-order valence-electron chi connectivity index (χ3n) is 8.09. The first-order valence-corrected chi connectivity index (χ1v) is 14.4. The molecule has 0 atom stereocenters. The molecule has 1 aliphatic heterocycles. The lowest BCUT2D eigenvalue weighted by Gasteiger charge is -2.20. The van der Waals surface area contributed by atoms with Crippen LogP contribution in [0.15, 0.2) is 91.1 Å². The van der Waals surface area contributed by atoms with Crippen LogP contribution < -0.4 is 15.8 Å². The van der Waals surface area contributed by atoms with E-state index in [1.807, 2.05) is 42.6 Å². The average molecular weight is 573 g/mol. The number of para-hydroxylation sites is 1. The number of nitro benzene ring substituents is 1. The zero-order valence-corrected chi connectivity index (χ0v) is 23.9. The second-order valence-electron chi connectivity index (χ2n) is 10.6. The van der Waals surface area contributed by atoms with Crippen LogP contribution in [0, 0.1) is 27.5 Å². The fraction of sp³-hybridized carbons (Fsp3) is 0.139. The van der Waals surface area contributed by atoms with Crippen LogP contribution in [0.2, 0.25) is 5.02 Å². The monoisotopic (exact) mass is 572 g/mol. The molecule has 4 aromatic rings. The Morgan fingerprint density at radius 2 is 1.74 bits per heavy atom. The molecule has 0 fully saturated rings. The van der Waals surface area contributed by atoms with Gasteiger partial charge in [0, 0.05) is 40.2 Å². The number of anilines is 1. The summed E-state index contributed by atoms with van der Waals surface area (Å²) in [6.45, 7) is 1.76. The molecule has 0 saturated heterocycles. The number of nitrogens with zero attached hydrogens (tertiary/aromatic N) is 1. The lowest BCUT2D eigenvalue weighted by Crippen LogP contribution is -2.26. The van der Waals surface area contributed by atoms with Crippen molar-refractivity contribution < 1.29 is 9.72 Å². The van der Waals surface area contributed by atoms with Gasteiger partial charge in [-0.3, -0.25) is 14.9 Å². The summed E-state index contributed by atoms with van der Waals surface area (Å²) in [4.78, 5) is 24.1. The summed E-state index contributed by atoms with van der Waals surface area (Å²) in [6, 6.07) is 22.8. The van der Waals surface area contributed by atoms with E-state index >= 15 is 0 Å². The van der Waals surface area contributed by atoms with Crippen molar-refractivity contribution in [3.63, 3.8) is 0 Å². The Morgan fingerprint density at radius 1 is 0.905 bits per heavy atom. The number of Topliss-reactive ketones (excluding diaryl/α,β-unsaturated/α-hetero) is 1. The number of carbonyl (C=O) groups is 1. The van der Waals surface area contributed by atoms with Crippen LogP contribution in [0.25, 0.3) is 17.7 Å². The average Bonchev–Trinajstić information content (AvgIpc) is 3.26. The molecule has 0 unspecified atom stereocenters. The first kappa shape index (κ1) is 27.4. The largest absolute Gasteiger partial charge is 0.361 e. The summed E-state index contributed by atoms with van der Waals surface area (Å²) < 4.78 is 0. The Balaban J connectivity index is 0.000000240. The lowest BCUT2D eigenvalue weighted by molar-refractivity contribution is -0.384. The van der Waals surface area contributed by atoms with Crippen molar-refractivity contribution in [3.8, 4) is 0 Å². The zero-order chi connectivity index (χ0) is 29.2. The maximum Gasteiger partial charge on any atom is 0.269 e. The number of ketones is 1. The Labute approximate surface area is 248 Å². The van der Waals surface area contributed by atoms with Gasteiger partial charge in [0.1, 0.15) is 0 Å². The van der Waals surface area contributed by atoms with Crippen LogP contribution in [0.5, 0.6) is 0 Å². The molecule has 208 valence electrons. The molecule has 0 aromatic heterocycles. The predicted molar refractivity (Wildman–Crippen MR) is 170 cm³/mol. The number of aryl methyl sites for hydroxylation is 1. The van der Waals surface area contributed by atoms with Gasteiger partial charge in [0.2, 0.25) is 0 Å². The van der Waals surface area contributed by atoms with Crippen molar-refractivity contribution in [3.05, 3.63) is 155 Å². The maximum atomic E-state index is 13.4. The minimum absolute atomic E-state index is 0.00465. The summed E-state index contributed by atoms with van der Waals surface area (Å²) >= 11 is 6.41. The van der Waals surface area contributed by atoms with E-state index in [4.69, 9.17) is 11.6 Å². The Hall–Kier alpha value is -4.74. The zero-order valence-electron chi connectivity index (χ0n) is 23.2. The molecule has 4 aromatic carbocycles. The Morgan fingerprint density at radius 3 is 2.57 bits per heavy atom. The molecule has 7 rings (SSSR count). The van der Waals surface area contributed by atoms with Crippen LogP contribution >= 0.6 is 11.6 Å². The van der Waals surface area contributed by atoms with Gasteiger partial charge < -0.3 is 5.32 Å². The van der Waals surface area contributed by atoms with Crippen LogP contribution in [0.3, 0.4) is 0 Å². The maximum absolute atomic E-state index is 13.4. The van der Waals surface area contributed by atoms with Crippen molar-refractivity contribution in [1.29, 1.82) is 0 Å². The minimum atomic E-state index is -0.433. The normalized spacial score (nSPS) is 14.0. The minimum Gasteiger partial charge on any atom is -0.361 e. The SMILES string of the molecule is C1=CNc2ccccc2C=C1.Cc1cc([N+](=O)[O-])ccc1C(=O)C1=c2ccc3c(c2CCC1)CC=c1c(Cl)cccc1=3. The molecule has 1 heterocycles. The first-order chi connectivity index (χ1) is 20.4. The van der Waals surface area contributed by atoms with Gasteiger partial charge in [0.15, 0.2) is 5.78 Å². The highest BCUT2D eigenvalue weighted by molar-refractivity contribution is 6.30. The van der Waals surface area contributed by atoms with Crippen molar-refractivity contribution >= 4 is 46.5 Å². The summed E-state index contributed by atoms with van der Waals surface area (Å²) in [6.07, 6.45) is 13.6. The Kier molecular flexibility index (Phi) is 7.60. The van der Waals surface area contributed by atoms with E-state index in [0.29, 0.717) is 17.5 Å². The van der Waals surface area contributed by atoms with Crippen LogP contribution in [-0.2, 0) is 12.8 Å². The molecule has 42 heavy (non-hydrogen) atoms. The number of rotatable bonds is 3. The quantitative estimate of drug-likeness (QED) is 0.160.